The Balaban J connectivity index is 1.47. The Hall–Kier alpha value is -3.35. The summed E-state index contributed by atoms with van der Waals surface area (Å²) in [6, 6.07) is 12.7. The van der Waals surface area contributed by atoms with E-state index in [0.29, 0.717) is 23.0 Å². The van der Waals surface area contributed by atoms with Crippen molar-refractivity contribution < 1.29 is 23.0 Å². The average Bonchev–Trinajstić information content (AvgIpc) is 3.31. The Morgan fingerprint density at radius 3 is 2.75 bits per heavy atom. The molecule has 0 fully saturated rings. The fourth-order valence-corrected chi connectivity index (χ4v) is 2.28. The molecule has 4 aromatic rings. The second-order valence-electron chi connectivity index (χ2n) is 5.23. The third-order valence-corrected chi connectivity index (χ3v) is 3.42. The van der Waals surface area contributed by atoms with E-state index in [-0.39, 0.29) is 12.3 Å². The quantitative estimate of drug-likeness (QED) is 0.528. The number of ether oxygens (including phenoxy) is 1. The minimum absolute atomic E-state index is 0.0333. The van der Waals surface area contributed by atoms with Crippen LogP contribution in [0.4, 0.5) is 0 Å². The number of aryl methyl sites for hydroxylation is 1. The smallest absolute Gasteiger partial charge is 0.360 e. The van der Waals surface area contributed by atoms with Gasteiger partial charge in [-0.3, -0.25) is 0 Å². The molecule has 3 heterocycles. The van der Waals surface area contributed by atoms with Crippen LogP contribution in [-0.4, -0.2) is 16.3 Å². The van der Waals surface area contributed by atoms with E-state index in [1.807, 2.05) is 30.3 Å². The molecule has 120 valence electrons. The van der Waals surface area contributed by atoms with Crippen LogP contribution in [0.15, 0.2) is 55.9 Å². The molecule has 0 saturated heterocycles. The lowest BCUT2D eigenvalue weighted by molar-refractivity contribution is 0.0452. The number of carbonyl (C=O) groups excluding carboxylic acids is 1. The Morgan fingerprint density at radius 2 is 1.96 bits per heavy atom. The van der Waals surface area contributed by atoms with Gasteiger partial charge in [-0.2, -0.15) is 0 Å². The Morgan fingerprint density at radius 1 is 1.08 bits per heavy atom. The fraction of sp³-hybridized carbons (Fsp3) is 0.118. The second-order valence-corrected chi connectivity index (χ2v) is 5.23. The highest BCUT2D eigenvalue weighted by Crippen LogP contribution is 2.28. The third-order valence-electron chi connectivity index (χ3n) is 3.42. The Kier molecular flexibility index (Phi) is 3.38. The topological polar surface area (TPSA) is 91.5 Å². The molecule has 1 aromatic carbocycles. The summed E-state index contributed by atoms with van der Waals surface area (Å²) >= 11 is 0. The lowest BCUT2D eigenvalue weighted by atomic mass is 10.2. The number of rotatable bonds is 4. The van der Waals surface area contributed by atoms with E-state index in [4.69, 9.17) is 18.2 Å². The van der Waals surface area contributed by atoms with Gasteiger partial charge in [-0.15, -0.1) is 0 Å². The van der Waals surface area contributed by atoms with Gasteiger partial charge in [0.2, 0.25) is 5.76 Å². The SMILES string of the molecule is Cc1cc(C(=O)OCc2cc(-c3cc4ccccc4o3)on2)no1. The van der Waals surface area contributed by atoms with Crippen LogP contribution in [0.2, 0.25) is 0 Å². The minimum atomic E-state index is -0.583. The summed E-state index contributed by atoms with van der Waals surface area (Å²) in [5.74, 6) is 0.985. The van der Waals surface area contributed by atoms with E-state index in [9.17, 15) is 4.79 Å². The van der Waals surface area contributed by atoms with Crippen LogP contribution in [0.3, 0.4) is 0 Å². The highest BCUT2D eigenvalue weighted by molar-refractivity contribution is 5.87. The first-order chi connectivity index (χ1) is 11.7. The Labute approximate surface area is 135 Å². The number of furan rings is 1. The molecule has 0 atom stereocenters. The molecule has 0 amide bonds. The summed E-state index contributed by atoms with van der Waals surface area (Å²) in [4.78, 5) is 11.8. The molecule has 0 N–H and O–H groups in total. The molecule has 0 spiro atoms. The van der Waals surface area contributed by atoms with E-state index in [0.717, 1.165) is 11.0 Å². The number of nitrogens with zero attached hydrogens (tertiary/aromatic N) is 2. The van der Waals surface area contributed by atoms with E-state index in [2.05, 4.69) is 10.3 Å². The van der Waals surface area contributed by atoms with Gasteiger partial charge < -0.3 is 18.2 Å². The minimum Gasteiger partial charge on any atom is -0.454 e. The maximum absolute atomic E-state index is 11.8. The van der Waals surface area contributed by atoms with Gasteiger partial charge in [0, 0.05) is 17.5 Å². The first kappa shape index (κ1) is 14.3. The largest absolute Gasteiger partial charge is 0.454 e. The molecule has 0 saturated carbocycles. The summed E-state index contributed by atoms with van der Waals surface area (Å²) < 4.78 is 20.9. The van der Waals surface area contributed by atoms with Crippen LogP contribution in [0.1, 0.15) is 21.9 Å². The van der Waals surface area contributed by atoms with Crippen molar-refractivity contribution in [1.82, 2.24) is 10.3 Å². The van der Waals surface area contributed by atoms with E-state index in [1.165, 1.54) is 6.07 Å². The predicted octanol–water partition coefficient (Wildman–Crippen LogP) is 3.74. The fourth-order valence-electron chi connectivity index (χ4n) is 2.28. The van der Waals surface area contributed by atoms with Gasteiger partial charge in [-0.1, -0.05) is 28.5 Å². The van der Waals surface area contributed by atoms with Crippen molar-refractivity contribution in [3.05, 3.63) is 59.6 Å². The second kappa shape index (κ2) is 5.69. The molecule has 4 rings (SSSR count). The van der Waals surface area contributed by atoms with Crippen LogP contribution in [0.25, 0.3) is 22.5 Å². The molecule has 7 nitrogen and oxygen atoms in total. The van der Waals surface area contributed by atoms with Crippen molar-refractivity contribution >= 4 is 16.9 Å². The molecule has 7 heteroatoms. The lowest BCUT2D eigenvalue weighted by Gasteiger charge is -1.97. The molecule has 0 aliphatic rings. The highest BCUT2D eigenvalue weighted by Gasteiger charge is 2.16. The molecule has 0 aliphatic heterocycles. The number of hydrogen-bond acceptors (Lipinski definition) is 7. The van der Waals surface area contributed by atoms with Gasteiger partial charge in [-0.05, 0) is 19.1 Å². The number of esters is 1. The molecule has 3 aromatic heterocycles. The van der Waals surface area contributed by atoms with Gasteiger partial charge in [0.15, 0.2) is 11.5 Å². The number of fused-ring (bicyclic) bond motifs is 1. The Bertz CT molecular complexity index is 978. The van der Waals surface area contributed by atoms with Crippen LogP contribution in [0, 0.1) is 6.92 Å². The van der Waals surface area contributed by atoms with Crippen molar-refractivity contribution in [3.63, 3.8) is 0 Å². The van der Waals surface area contributed by atoms with E-state index < -0.39 is 5.97 Å². The monoisotopic (exact) mass is 324 g/mol. The normalized spacial score (nSPS) is 11.0. The van der Waals surface area contributed by atoms with Gasteiger partial charge in [-0.25, -0.2) is 4.79 Å². The van der Waals surface area contributed by atoms with Crippen molar-refractivity contribution in [2.24, 2.45) is 0 Å². The molecule has 24 heavy (non-hydrogen) atoms. The summed E-state index contributed by atoms with van der Waals surface area (Å²) in [6.45, 7) is 1.66. The van der Waals surface area contributed by atoms with Gasteiger partial charge in [0.05, 0.1) is 0 Å². The van der Waals surface area contributed by atoms with Crippen molar-refractivity contribution in [3.8, 4) is 11.5 Å². The van der Waals surface area contributed by atoms with Crippen LogP contribution >= 0.6 is 0 Å². The van der Waals surface area contributed by atoms with Crippen LogP contribution in [-0.2, 0) is 11.3 Å². The molecular formula is C17H12N2O5. The molecule has 0 unspecified atom stereocenters. The summed E-state index contributed by atoms with van der Waals surface area (Å²) in [7, 11) is 0. The van der Waals surface area contributed by atoms with Crippen LogP contribution in [0.5, 0.6) is 0 Å². The van der Waals surface area contributed by atoms with Crippen molar-refractivity contribution in [1.29, 1.82) is 0 Å². The molecular weight excluding hydrogens is 312 g/mol. The zero-order valence-corrected chi connectivity index (χ0v) is 12.7. The summed E-state index contributed by atoms with van der Waals surface area (Å²) in [5.41, 5.74) is 1.35. The number of benzene rings is 1. The van der Waals surface area contributed by atoms with Crippen molar-refractivity contribution in [2.45, 2.75) is 13.5 Å². The van der Waals surface area contributed by atoms with E-state index in [1.54, 1.807) is 13.0 Å². The van der Waals surface area contributed by atoms with Gasteiger partial charge >= 0.3 is 5.97 Å². The summed E-state index contributed by atoms with van der Waals surface area (Å²) in [5, 5.41) is 8.44. The molecule has 0 bridgehead atoms. The third kappa shape index (κ3) is 2.67. The zero-order valence-electron chi connectivity index (χ0n) is 12.7. The van der Waals surface area contributed by atoms with Crippen molar-refractivity contribution in [2.75, 3.05) is 0 Å². The maximum Gasteiger partial charge on any atom is 0.360 e. The van der Waals surface area contributed by atoms with Gasteiger partial charge in [0.1, 0.15) is 23.6 Å². The highest BCUT2D eigenvalue weighted by atomic mass is 16.5. The molecule has 0 radical (unpaired) electrons. The van der Waals surface area contributed by atoms with E-state index >= 15 is 0 Å². The zero-order chi connectivity index (χ0) is 16.5. The number of aromatic nitrogens is 2. The standard InChI is InChI=1S/C17H12N2O5/c1-10-6-13(19-23-10)17(20)21-9-12-8-16(24-18-12)15-7-11-4-2-3-5-14(11)22-15/h2-8H,9H2,1H3. The maximum atomic E-state index is 11.8. The van der Waals surface area contributed by atoms with Crippen LogP contribution < -0.4 is 0 Å². The number of para-hydroxylation sites is 1. The van der Waals surface area contributed by atoms with Gasteiger partial charge in [0.25, 0.3) is 0 Å². The number of hydrogen-bond donors (Lipinski definition) is 0. The first-order valence-corrected chi connectivity index (χ1v) is 7.24. The summed E-state index contributed by atoms with van der Waals surface area (Å²) in [6.07, 6.45) is 0. The number of carbonyl (C=O) groups is 1. The predicted molar refractivity (Wildman–Crippen MR) is 82.1 cm³/mol. The average molecular weight is 324 g/mol. The molecule has 0 aliphatic carbocycles. The lowest BCUT2D eigenvalue weighted by Crippen LogP contribution is -2.05. The first-order valence-electron chi connectivity index (χ1n) is 7.24.